The minimum absolute atomic E-state index is 0.0898. The average Bonchev–Trinajstić information content (AvgIpc) is 3.10. The molecule has 1 aliphatic rings. The number of rotatable bonds is 8. The molecule has 1 aliphatic heterocycles. The summed E-state index contributed by atoms with van der Waals surface area (Å²) in [5.41, 5.74) is 3.17. The Balaban J connectivity index is 1.45. The van der Waals surface area contributed by atoms with Crippen LogP contribution < -0.4 is 16.0 Å². The largest absolute Gasteiger partial charge is 0.481 e. The van der Waals surface area contributed by atoms with Crippen molar-refractivity contribution >= 4 is 28.8 Å². The van der Waals surface area contributed by atoms with Gasteiger partial charge in [0.25, 0.3) is 0 Å². The summed E-state index contributed by atoms with van der Waals surface area (Å²) in [5, 5.41) is 19.8. The summed E-state index contributed by atoms with van der Waals surface area (Å²) in [5.74, 6) is 0.0955. The van der Waals surface area contributed by atoms with E-state index in [1.54, 1.807) is 17.5 Å². The Kier molecular flexibility index (Phi) is 6.30. The third-order valence-electron chi connectivity index (χ3n) is 5.35. The van der Waals surface area contributed by atoms with E-state index >= 15 is 0 Å². The zero-order valence-electron chi connectivity index (χ0n) is 16.9. The summed E-state index contributed by atoms with van der Waals surface area (Å²) >= 11 is 1.69. The summed E-state index contributed by atoms with van der Waals surface area (Å²) < 4.78 is 0. The SMILES string of the molecule is Cc1sc(CCN[C@H](c2ccccc2)[C@H]2CNc3cccnc3N2)cc1CC(=O)O. The third kappa shape index (κ3) is 4.80. The van der Waals surface area contributed by atoms with Gasteiger partial charge < -0.3 is 21.1 Å². The van der Waals surface area contributed by atoms with Crippen LogP contribution in [0.4, 0.5) is 11.5 Å². The molecule has 3 heterocycles. The number of hydrogen-bond donors (Lipinski definition) is 4. The van der Waals surface area contributed by atoms with Gasteiger partial charge in [0.05, 0.1) is 24.2 Å². The first-order chi connectivity index (χ1) is 14.6. The van der Waals surface area contributed by atoms with Gasteiger partial charge in [0.1, 0.15) is 5.82 Å². The first kappa shape index (κ1) is 20.4. The van der Waals surface area contributed by atoms with Crippen LogP contribution in [-0.4, -0.2) is 35.2 Å². The van der Waals surface area contributed by atoms with Crippen molar-refractivity contribution in [2.45, 2.75) is 31.8 Å². The zero-order chi connectivity index (χ0) is 20.9. The van der Waals surface area contributed by atoms with Crippen molar-refractivity contribution < 1.29 is 9.90 Å². The van der Waals surface area contributed by atoms with Gasteiger partial charge in [-0.2, -0.15) is 0 Å². The summed E-state index contributed by atoms with van der Waals surface area (Å²) in [4.78, 5) is 17.8. The van der Waals surface area contributed by atoms with Crippen molar-refractivity contribution in [2.75, 3.05) is 23.7 Å². The molecule has 6 nitrogen and oxygen atoms in total. The highest BCUT2D eigenvalue weighted by Gasteiger charge is 2.27. The maximum Gasteiger partial charge on any atom is 0.307 e. The number of anilines is 2. The lowest BCUT2D eigenvalue weighted by Crippen LogP contribution is -2.44. The van der Waals surface area contributed by atoms with Crippen LogP contribution in [-0.2, 0) is 17.6 Å². The van der Waals surface area contributed by atoms with Gasteiger partial charge in [-0.25, -0.2) is 4.98 Å². The lowest BCUT2D eigenvalue weighted by Gasteiger charge is -2.34. The van der Waals surface area contributed by atoms with Crippen molar-refractivity contribution in [2.24, 2.45) is 0 Å². The molecule has 2 atom stereocenters. The molecule has 30 heavy (non-hydrogen) atoms. The Morgan fingerprint density at radius 3 is 2.93 bits per heavy atom. The molecule has 0 fully saturated rings. The van der Waals surface area contributed by atoms with E-state index in [0.717, 1.165) is 41.5 Å². The third-order valence-corrected chi connectivity index (χ3v) is 6.50. The summed E-state index contributed by atoms with van der Waals surface area (Å²) in [6, 6.07) is 16.7. The number of carbonyl (C=O) groups is 1. The van der Waals surface area contributed by atoms with E-state index in [2.05, 4.69) is 45.2 Å². The Hall–Kier alpha value is -2.90. The molecule has 3 aromatic rings. The van der Waals surface area contributed by atoms with Crippen LogP contribution in [0.15, 0.2) is 54.7 Å². The number of nitrogens with one attached hydrogen (secondary N) is 3. The molecule has 156 valence electrons. The number of benzene rings is 1. The number of aromatic nitrogens is 1. The zero-order valence-corrected chi connectivity index (χ0v) is 17.7. The molecule has 0 saturated heterocycles. The molecule has 2 aromatic heterocycles. The minimum Gasteiger partial charge on any atom is -0.481 e. The van der Waals surface area contributed by atoms with Gasteiger partial charge in [-0.3, -0.25) is 4.79 Å². The van der Waals surface area contributed by atoms with Gasteiger partial charge in [0, 0.05) is 29.0 Å². The molecule has 4 N–H and O–H groups in total. The Bertz CT molecular complexity index is 1010. The second-order valence-electron chi connectivity index (χ2n) is 7.49. The second kappa shape index (κ2) is 9.28. The molecule has 0 bridgehead atoms. The van der Waals surface area contributed by atoms with E-state index in [-0.39, 0.29) is 18.5 Å². The van der Waals surface area contributed by atoms with Crippen LogP contribution in [0.1, 0.15) is 26.9 Å². The maximum absolute atomic E-state index is 11.0. The van der Waals surface area contributed by atoms with Crippen LogP contribution in [0, 0.1) is 6.92 Å². The van der Waals surface area contributed by atoms with E-state index in [1.807, 2.05) is 31.2 Å². The number of thiophene rings is 1. The molecular formula is C23H26N4O2S. The molecule has 0 radical (unpaired) electrons. The van der Waals surface area contributed by atoms with Crippen LogP contribution in [0.25, 0.3) is 0 Å². The fraction of sp³-hybridized carbons (Fsp3) is 0.304. The highest BCUT2D eigenvalue weighted by Crippen LogP contribution is 2.28. The molecule has 0 aliphatic carbocycles. The fourth-order valence-electron chi connectivity index (χ4n) is 3.86. The number of hydrogen-bond acceptors (Lipinski definition) is 6. The molecule has 4 rings (SSSR count). The van der Waals surface area contributed by atoms with Gasteiger partial charge in [0.15, 0.2) is 0 Å². The first-order valence-electron chi connectivity index (χ1n) is 10.1. The Morgan fingerprint density at radius 2 is 2.13 bits per heavy atom. The summed E-state index contributed by atoms with van der Waals surface area (Å²) in [6.07, 6.45) is 2.75. The number of carboxylic acid groups (broad SMARTS) is 1. The Morgan fingerprint density at radius 1 is 1.30 bits per heavy atom. The number of pyridine rings is 1. The highest BCUT2D eigenvalue weighted by atomic mass is 32.1. The van der Waals surface area contributed by atoms with Crippen molar-refractivity contribution in [1.82, 2.24) is 10.3 Å². The van der Waals surface area contributed by atoms with Gasteiger partial charge >= 0.3 is 5.97 Å². The van der Waals surface area contributed by atoms with E-state index < -0.39 is 5.97 Å². The van der Waals surface area contributed by atoms with Gasteiger partial charge in [0.2, 0.25) is 0 Å². The second-order valence-corrected chi connectivity index (χ2v) is 8.83. The minimum atomic E-state index is -0.783. The van der Waals surface area contributed by atoms with Crippen LogP contribution in [0.2, 0.25) is 0 Å². The Labute approximate surface area is 180 Å². The van der Waals surface area contributed by atoms with E-state index in [4.69, 9.17) is 5.11 Å². The maximum atomic E-state index is 11.0. The predicted molar refractivity (Wildman–Crippen MR) is 121 cm³/mol. The molecule has 7 heteroatoms. The molecule has 0 spiro atoms. The molecule has 1 aromatic carbocycles. The smallest absolute Gasteiger partial charge is 0.307 e. The number of carboxylic acids is 1. The lowest BCUT2D eigenvalue weighted by atomic mass is 9.97. The molecule has 0 saturated carbocycles. The number of aliphatic carboxylic acids is 1. The molecule has 0 amide bonds. The van der Waals surface area contributed by atoms with E-state index in [9.17, 15) is 4.79 Å². The number of nitrogens with zero attached hydrogens (tertiary/aromatic N) is 1. The fourth-order valence-corrected chi connectivity index (χ4v) is 4.92. The standard InChI is InChI=1S/C23H26N4O2S/c1-15-17(13-21(28)29)12-18(30-15)9-11-24-22(16-6-3-2-4-7-16)20-14-26-19-8-5-10-25-23(19)27-20/h2-8,10,12,20,22,24,26H,9,11,13-14H2,1H3,(H,25,27)(H,28,29)/t20-,22-/m1/s1. The first-order valence-corrected chi connectivity index (χ1v) is 11.0. The van der Waals surface area contributed by atoms with Gasteiger partial charge in [-0.15, -0.1) is 11.3 Å². The molecule has 0 unspecified atom stereocenters. The van der Waals surface area contributed by atoms with Crippen LogP contribution in [0.5, 0.6) is 0 Å². The summed E-state index contributed by atoms with van der Waals surface area (Å²) in [7, 11) is 0. The quantitative estimate of drug-likeness (QED) is 0.441. The van der Waals surface area contributed by atoms with Gasteiger partial charge in [-0.05, 0) is 42.7 Å². The van der Waals surface area contributed by atoms with Crippen molar-refractivity contribution in [1.29, 1.82) is 0 Å². The van der Waals surface area contributed by atoms with E-state index in [1.165, 1.54) is 10.4 Å². The van der Waals surface area contributed by atoms with Gasteiger partial charge in [-0.1, -0.05) is 30.3 Å². The predicted octanol–water partition coefficient (Wildman–Crippen LogP) is 3.86. The van der Waals surface area contributed by atoms with Crippen molar-refractivity contribution in [3.8, 4) is 0 Å². The topological polar surface area (TPSA) is 86.3 Å². The number of fused-ring (bicyclic) bond motifs is 1. The van der Waals surface area contributed by atoms with Crippen LogP contribution >= 0.6 is 11.3 Å². The normalized spacial score (nSPS) is 16.2. The van der Waals surface area contributed by atoms with E-state index in [0.29, 0.717) is 0 Å². The van der Waals surface area contributed by atoms with Crippen LogP contribution in [0.3, 0.4) is 0 Å². The van der Waals surface area contributed by atoms with Crippen molar-refractivity contribution in [3.63, 3.8) is 0 Å². The molecular weight excluding hydrogens is 396 g/mol. The summed E-state index contributed by atoms with van der Waals surface area (Å²) in [6.45, 7) is 3.60. The lowest BCUT2D eigenvalue weighted by molar-refractivity contribution is -0.136. The number of aryl methyl sites for hydroxylation is 1. The highest BCUT2D eigenvalue weighted by molar-refractivity contribution is 7.12. The van der Waals surface area contributed by atoms with Crippen molar-refractivity contribution in [3.05, 3.63) is 75.6 Å². The average molecular weight is 423 g/mol. The monoisotopic (exact) mass is 422 g/mol.